The number of rotatable bonds is 7. The lowest BCUT2D eigenvalue weighted by Gasteiger charge is -2.13. The van der Waals surface area contributed by atoms with Gasteiger partial charge in [0.2, 0.25) is 5.78 Å². The Morgan fingerprint density at radius 1 is 1.25 bits per heavy atom. The molecule has 1 aliphatic rings. The minimum Gasteiger partial charge on any atom is -0.454 e. The van der Waals surface area contributed by atoms with E-state index in [1.54, 1.807) is 19.0 Å². The molecule has 0 amide bonds. The molecule has 3 rings (SSSR count). The van der Waals surface area contributed by atoms with Crippen LogP contribution in [0.15, 0.2) is 24.3 Å². The summed E-state index contributed by atoms with van der Waals surface area (Å²) >= 11 is 0. The largest absolute Gasteiger partial charge is 0.454 e. The van der Waals surface area contributed by atoms with Crippen LogP contribution in [0.1, 0.15) is 51.0 Å². The van der Waals surface area contributed by atoms with Crippen molar-refractivity contribution in [3.05, 3.63) is 56.9 Å². The molecular formula is C20H23N3O5. The van der Waals surface area contributed by atoms with Crippen molar-refractivity contribution in [3.63, 3.8) is 0 Å². The van der Waals surface area contributed by atoms with E-state index in [0.29, 0.717) is 17.3 Å². The van der Waals surface area contributed by atoms with Gasteiger partial charge in [-0.1, -0.05) is 0 Å². The Bertz CT molecular complexity index is 957. The van der Waals surface area contributed by atoms with Crippen LogP contribution in [0.5, 0.6) is 0 Å². The highest BCUT2D eigenvalue weighted by Gasteiger charge is 2.28. The van der Waals surface area contributed by atoms with Gasteiger partial charge in [-0.25, -0.2) is 4.79 Å². The summed E-state index contributed by atoms with van der Waals surface area (Å²) in [5.74, 6) is -1.05. The Balaban J connectivity index is 1.72. The Hall–Kier alpha value is -3.16. The van der Waals surface area contributed by atoms with E-state index in [2.05, 4.69) is 4.57 Å². The molecule has 0 unspecified atom stereocenters. The molecule has 0 radical (unpaired) electrons. The van der Waals surface area contributed by atoms with Crippen LogP contribution in [-0.4, -0.2) is 41.9 Å². The summed E-state index contributed by atoms with van der Waals surface area (Å²) in [4.78, 5) is 37.1. The van der Waals surface area contributed by atoms with Gasteiger partial charge in [0.05, 0.1) is 10.5 Å². The summed E-state index contributed by atoms with van der Waals surface area (Å²) < 4.78 is 7.28. The lowest BCUT2D eigenvalue weighted by molar-refractivity contribution is -0.384. The average Bonchev–Trinajstić information content (AvgIpc) is 3.43. The first-order valence-electron chi connectivity index (χ1n) is 9.05. The number of aryl methyl sites for hydroxylation is 1. The molecule has 1 aromatic carbocycles. The van der Waals surface area contributed by atoms with Crippen LogP contribution in [0.3, 0.4) is 0 Å². The number of nitro groups is 1. The molecule has 148 valence electrons. The molecule has 0 atom stereocenters. The van der Waals surface area contributed by atoms with Crippen molar-refractivity contribution >= 4 is 23.1 Å². The summed E-state index contributed by atoms with van der Waals surface area (Å²) in [6.45, 7) is 3.44. The highest BCUT2D eigenvalue weighted by Crippen LogP contribution is 2.38. The fourth-order valence-corrected chi connectivity index (χ4v) is 3.42. The number of carbonyl (C=O) groups excluding carboxylic acids is 2. The molecule has 28 heavy (non-hydrogen) atoms. The Kier molecular flexibility index (Phi) is 5.22. The predicted octanol–water partition coefficient (Wildman–Crippen LogP) is 3.45. The van der Waals surface area contributed by atoms with Gasteiger partial charge in [-0.3, -0.25) is 14.9 Å². The lowest BCUT2D eigenvalue weighted by Crippen LogP contribution is -2.16. The van der Waals surface area contributed by atoms with Crippen LogP contribution in [0, 0.1) is 24.0 Å². The number of Topliss-reactive ketones (excluding diaryl/α,β-unsaturated/α-hetero) is 1. The molecule has 1 fully saturated rings. The minimum atomic E-state index is -0.766. The van der Waals surface area contributed by atoms with Crippen LogP contribution in [0.4, 0.5) is 11.4 Å². The fourth-order valence-electron chi connectivity index (χ4n) is 3.42. The van der Waals surface area contributed by atoms with Crippen LogP contribution in [0.2, 0.25) is 0 Å². The number of ketones is 1. The number of benzene rings is 1. The normalized spacial score (nSPS) is 13.3. The van der Waals surface area contributed by atoms with E-state index in [1.807, 2.05) is 19.9 Å². The highest BCUT2D eigenvalue weighted by molar-refractivity contribution is 6.00. The molecule has 2 aromatic rings. The molecule has 0 saturated heterocycles. The van der Waals surface area contributed by atoms with E-state index in [1.165, 1.54) is 18.2 Å². The molecule has 0 spiro atoms. The van der Waals surface area contributed by atoms with E-state index in [9.17, 15) is 19.7 Å². The maximum Gasteiger partial charge on any atom is 0.338 e. The Morgan fingerprint density at radius 3 is 2.50 bits per heavy atom. The third-order valence-corrected chi connectivity index (χ3v) is 4.92. The van der Waals surface area contributed by atoms with Crippen LogP contribution in [-0.2, 0) is 4.74 Å². The smallest absolute Gasteiger partial charge is 0.338 e. The number of nitro benzene ring substituents is 1. The zero-order valence-electron chi connectivity index (χ0n) is 16.4. The zero-order valence-corrected chi connectivity index (χ0v) is 16.4. The van der Waals surface area contributed by atoms with Gasteiger partial charge in [0, 0.05) is 43.2 Å². The fraction of sp³-hybridized carbons (Fsp3) is 0.400. The maximum atomic E-state index is 12.5. The number of aromatic nitrogens is 1. The average molecular weight is 385 g/mol. The topological polar surface area (TPSA) is 94.7 Å². The van der Waals surface area contributed by atoms with Crippen molar-refractivity contribution in [3.8, 4) is 0 Å². The van der Waals surface area contributed by atoms with Crippen molar-refractivity contribution in [2.45, 2.75) is 32.7 Å². The van der Waals surface area contributed by atoms with Crippen LogP contribution >= 0.6 is 0 Å². The number of carbonyl (C=O) groups is 2. The van der Waals surface area contributed by atoms with Crippen molar-refractivity contribution in [1.29, 1.82) is 0 Å². The number of ether oxygens (including phenoxy) is 1. The number of hydrogen-bond donors (Lipinski definition) is 0. The maximum absolute atomic E-state index is 12.5. The number of nitrogens with zero attached hydrogens (tertiary/aromatic N) is 3. The Morgan fingerprint density at radius 2 is 1.93 bits per heavy atom. The van der Waals surface area contributed by atoms with Gasteiger partial charge in [-0.15, -0.1) is 0 Å². The van der Waals surface area contributed by atoms with Gasteiger partial charge in [-0.05, 0) is 44.9 Å². The summed E-state index contributed by atoms with van der Waals surface area (Å²) in [6, 6.07) is 6.38. The van der Waals surface area contributed by atoms with Crippen molar-refractivity contribution in [2.75, 3.05) is 25.6 Å². The third-order valence-electron chi connectivity index (χ3n) is 4.92. The van der Waals surface area contributed by atoms with E-state index in [0.717, 1.165) is 24.2 Å². The van der Waals surface area contributed by atoms with Gasteiger partial charge in [0.1, 0.15) is 5.69 Å². The van der Waals surface area contributed by atoms with Gasteiger partial charge in [0.15, 0.2) is 6.61 Å². The molecular weight excluding hydrogens is 362 g/mol. The van der Waals surface area contributed by atoms with Crippen molar-refractivity contribution in [2.24, 2.45) is 0 Å². The summed E-state index contributed by atoms with van der Waals surface area (Å²) in [7, 11) is 3.36. The quantitative estimate of drug-likeness (QED) is 0.314. The first kappa shape index (κ1) is 19.6. The molecule has 1 saturated carbocycles. The van der Waals surface area contributed by atoms with Crippen molar-refractivity contribution in [1.82, 2.24) is 4.57 Å². The predicted molar refractivity (Wildman–Crippen MR) is 104 cm³/mol. The first-order valence-corrected chi connectivity index (χ1v) is 9.05. The molecule has 0 aliphatic heterocycles. The number of hydrogen-bond acceptors (Lipinski definition) is 6. The van der Waals surface area contributed by atoms with Gasteiger partial charge < -0.3 is 14.2 Å². The van der Waals surface area contributed by atoms with Crippen LogP contribution < -0.4 is 4.90 Å². The number of esters is 1. The first-order chi connectivity index (χ1) is 13.2. The Labute approximate surface area is 162 Å². The molecule has 1 heterocycles. The minimum absolute atomic E-state index is 0.0357. The molecule has 1 aromatic heterocycles. The SMILES string of the molecule is Cc1cc(C(=O)COC(=O)c2ccc(N(C)C)c([N+](=O)[O-])c2)c(C)n1C1CC1. The van der Waals surface area contributed by atoms with E-state index < -0.39 is 17.5 Å². The lowest BCUT2D eigenvalue weighted by atomic mass is 10.1. The molecule has 8 nitrogen and oxygen atoms in total. The van der Waals surface area contributed by atoms with Gasteiger partial charge in [-0.2, -0.15) is 0 Å². The molecule has 1 aliphatic carbocycles. The highest BCUT2D eigenvalue weighted by atomic mass is 16.6. The van der Waals surface area contributed by atoms with Gasteiger partial charge >= 0.3 is 5.97 Å². The monoisotopic (exact) mass is 385 g/mol. The molecule has 8 heteroatoms. The zero-order chi connectivity index (χ0) is 20.6. The third kappa shape index (κ3) is 3.76. The molecule has 0 bridgehead atoms. The summed E-state index contributed by atoms with van der Waals surface area (Å²) in [5, 5.41) is 11.3. The standard InChI is InChI=1S/C20H23N3O5/c1-12-9-16(13(2)22(12)15-6-7-15)19(24)11-28-20(25)14-5-8-17(21(3)4)18(10-14)23(26)27/h5,8-10,15H,6-7,11H2,1-4H3. The van der Waals surface area contributed by atoms with Crippen molar-refractivity contribution < 1.29 is 19.2 Å². The van der Waals surface area contributed by atoms with E-state index in [-0.39, 0.29) is 17.0 Å². The van der Waals surface area contributed by atoms with Gasteiger partial charge in [0.25, 0.3) is 5.69 Å². The van der Waals surface area contributed by atoms with E-state index in [4.69, 9.17) is 4.74 Å². The van der Waals surface area contributed by atoms with E-state index >= 15 is 0 Å². The summed E-state index contributed by atoms with van der Waals surface area (Å²) in [6.07, 6.45) is 2.22. The second kappa shape index (κ2) is 7.46. The summed E-state index contributed by atoms with van der Waals surface area (Å²) in [5.41, 5.74) is 2.67. The number of anilines is 1. The second-order valence-corrected chi connectivity index (χ2v) is 7.24. The van der Waals surface area contributed by atoms with Crippen LogP contribution in [0.25, 0.3) is 0 Å². The second-order valence-electron chi connectivity index (χ2n) is 7.24. The molecule has 0 N–H and O–H groups in total.